The van der Waals surface area contributed by atoms with Crippen LogP contribution in [0.2, 0.25) is 5.02 Å². The maximum absolute atomic E-state index is 13.2. The van der Waals surface area contributed by atoms with Crippen LogP contribution >= 0.6 is 11.6 Å². The molecule has 0 fully saturated rings. The van der Waals surface area contributed by atoms with Crippen molar-refractivity contribution in [3.63, 3.8) is 0 Å². The molecule has 2 aromatic rings. The van der Waals surface area contributed by atoms with Gasteiger partial charge in [-0.1, -0.05) is 11.6 Å². The van der Waals surface area contributed by atoms with E-state index in [-0.39, 0.29) is 11.9 Å². The molecule has 1 aromatic heterocycles. The third kappa shape index (κ3) is 2.72. The Kier molecular flexibility index (Phi) is 4.01. The van der Waals surface area contributed by atoms with Gasteiger partial charge in [-0.25, -0.2) is 4.39 Å². The molecular formula is C13H14ClFN2O. The molecule has 1 atom stereocenters. The number of hydrogen-bond acceptors (Lipinski definition) is 3. The Bertz CT molecular complexity index is 542. The standard InChI is InChI=1S/C13H14ClFN2O/c1-8-11(4-5-18-8)13(17-16)7-9-6-10(15)2-3-12(9)14/h2-6,13,17H,7,16H2,1H3. The largest absolute Gasteiger partial charge is 0.469 e. The second kappa shape index (κ2) is 5.52. The van der Waals surface area contributed by atoms with E-state index in [4.69, 9.17) is 21.9 Å². The topological polar surface area (TPSA) is 51.2 Å². The molecule has 0 aliphatic carbocycles. The fraction of sp³-hybridized carbons (Fsp3) is 0.231. The number of halogens is 2. The van der Waals surface area contributed by atoms with Gasteiger partial charge in [0.15, 0.2) is 0 Å². The van der Waals surface area contributed by atoms with Crippen molar-refractivity contribution in [2.24, 2.45) is 5.84 Å². The number of furan rings is 1. The van der Waals surface area contributed by atoms with E-state index in [1.165, 1.54) is 12.1 Å². The number of nitrogens with two attached hydrogens (primary N) is 1. The lowest BCUT2D eigenvalue weighted by molar-refractivity contribution is 0.501. The number of rotatable bonds is 4. The summed E-state index contributed by atoms with van der Waals surface area (Å²) in [4.78, 5) is 0. The zero-order chi connectivity index (χ0) is 13.1. The zero-order valence-corrected chi connectivity index (χ0v) is 10.7. The van der Waals surface area contributed by atoms with Crippen LogP contribution in [-0.4, -0.2) is 0 Å². The van der Waals surface area contributed by atoms with Crippen molar-refractivity contribution in [1.29, 1.82) is 0 Å². The molecule has 0 amide bonds. The van der Waals surface area contributed by atoms with E-state index in [1.54, 1.807) is 12.3 Å². The third-order valence-corrected chi connectivity index (χ3v) is 3.28. The highest BCUT2D eigenvalue weighted by Crippen LogP contribution is 2.26. The van der Waals surface area contributed by atoms with Crippen LogP contribution in [0.1, 0.15) is 22.9 Å². The minimum atomic E-state index is -0.311. The normalized spacial score (nSPS) is 12.7. The van der Waals surface area contributed by atoms with Crippen LogP contribution < -0.4 is 11.3 Å². The molecule has 0 saturated carbocycles. The van der Waals surface area contributed by atoms with Crippen molar-refractivity contribution in [2.45, 2.75) is 19.4 Å². The minimum absolute atomic E-state index is 0.164. The summed E-state index contributed by atoms with van der Waals surface area (Å²) in [6, 6.07) is 5.97. The lowest BCUT2D eigenvalue weighted by atomic mass is 10.00. The van der Waals surface area contributed by atoms with E-state index < -0.39 is 0 Å². The fourth-order valence-electron chi connectivity index (χ4n) is 1.93. The summed E-state index contributed by atoms with van der Waals surface area (Å²) in [5.74, 6) is 6.01. The van der Waals surface area contributed by atoms with Gasteiger partial charge >= 0.3 is 0 Å². The Morgan fingerprint density at radius 1 is 1.44 bits per heavy atom. The number of nitrogens with one attached hydrogen (secondary N) is 1. The Hall–Kier alpha value is -1.36. The Morgan fingerprint density at radius 3 is 2.83 bits per heavy atom. The molecule has 18 heavy (non-hydrogen) atoms. The Morgan fingerprint density at radius 2 is 2.22 bits per heavy atom. The molecule has 96 valence electrons. The van der Waals surface area contributed by atoms with Gasteiger partial charge in [0, 0.05) is 10.6 Å². The van der Waals surface area contributed by atoms with Crippen LogP contribution in [0.3, 0.4) is 0 Å². The molecule has 2 rings (SSSR count). The van der Waals surface area contributed by atoms with E-state index in [0.717, 1.165) is 11.3 Å². The number of hydrazine groups is 1. The van der Waals surface area contributed by atoms with Crippen LogP contribution in [0.5, 0.6) is 0 Å². The van der Waals surface area contributed by atoms with Crippen LogP contribution in [0.25, 0.3) is 0 Å². The van der Waals surface area contributed by atoms with E-state index in [2.05, 4.69) is 5.43 Å². The molecular weight excluding hydrogens is 255 g/mol. The van der Waals surface area contributed by atoms with Crippen molar-refractivity contribution in [1.82, 2.24) is 5.43 Å². The second-order valence-electron chi connectivity index (χ2n) is 4.09. The molecule has 3 nitrogen and oxygen atoms in total. The number of hydrogen-bond donors (Lipinski definition) is 2. The molecule has 3 N–H and O–H groups in total. The molecule has 1 aromatic carbocycles. The van der Waals surface area contributed by atoms with Crippen molar-refractivity contribution < 1.29 is 8.81 Å². The van der Waals surface area contributed by atoms with E-state index in [1.807, 2.05) is 13.0 Å². The first-order chi connectivity index (χ1) is 8.61. The van der Waals surface area contributed by atoms with Gasteiger partial charge in [-0.15, -0.1) is 0 Å². The molecule has 0 radical (unpaired) electrons. The van der Waals surface area contributed by atoms with Gasteiger partial charge < -0.3 is 4.42 Å². The predicted molar refractivity (Wildman–Crippen MR) is 68.6 cm³/mol. The van der Waals surface area contributed by atoms with Crippen molar-refractivity contribution in [2.75, 3.05) is 0 Å². The molecule has 0 aliphatic rings. The highest BCUT2D eigenvalue weighted by molar-refractivity contribution is 6.31. The zero-order valence-electron chi connectivity index (χ0n) is 9.91. The van der Waals surface area contributed by atoms with Gasteiger partial charge in [0.05, 0.1) is 12.3 Å². The summed E-state index contributed by atoms with van der Waals surface area (Å²) in [5, 5.41) is 0.526. The molecule has 5 heteroatoms. The van der Waals surface area contributed by atoms with Crippen molar-refractivity contribution in [3.05, 3.63) is 58.3 Å². The van der Waals surface area contributed by atoms with Gasteiger partial charge in [-0.3, -0.25) is 11.3 Å². The molecule has 0 spiro atoms. The summed E-state index contributed by atoms with van der Waals surface area (Å²) < 4.78 is 18.4. The van der Waals surface area contributed by atoms with Gasteiger partial charge in [0.2, 0.25) is 0 Å². The summed E-state index contributed by atoms with van der Waals surface area (Å²) in [6.07, 6.45) is 2.09. The smallest absolute Gasteiger partial charge is 0.123 e. The van der Waals surface area contributed by atoms with Gasteiger partial charge in [0.25, 0.3) is 0 Å². The quantitative estimate of drug-likeness (QED) is 0.662. The molecule has 1 heterocycles. The first-order valence-corrected chi connectivity index (χ1v) is 5.93. The molecule has 0 saturated heterocycles. The van der Waals surface area contributed by atoms with Crippen molar-refractivity contribution >= 4 is 11.6 Å². The van der Waals surface area contributed by atoms with Gasteiger partial charge in [-0.05, 0) is 43.2 Å². The summed E-state index contributed by atoms with van der Waals surface area (Å²) >= 11 is 6.04. The average molecular weight is 269 g/mol. The molecule has 1 unspecified atom stereocenters. The number of benzene rings is 1. The SMILES string of the molecule is Cc1occc1C(Cc1cc(F)ccc1Cl)NN. The van der Waals surface area contributed by atoms with Crippen LogP contribution in [0.15, 0.2) is 34.9 Å². The average Bonchev–Trinajstić information content (AvgIpc) is 2.77. The maximum Gasteiger partial charge on any atom is 0.123 e. The lowest BCUT2D eigenvalue weighted by Crippen LogP contribution is -2.29. The van der Waals surface area contributed by atoms with Gasteiger partial charge in [0.1, 0.15) is 11.6 Å². The first-order valence-electron chi connectivity index (χ1n) is 5.56. The fourth-order valence-corrected chi connectivity index (χ4v) is 2.13. The predicted octanol–water partition coefficient (Wildman–Crippen LogP) is 3.13. The lowest BCUT2D eigenvalue weighted by Gasteiger charge is -2.16. The Labute approximate surface area is 110 Å². The van der Waals surface area contributed by atoms with Crippen LogP contribution in [0, 0.1) is 12.7 Å². The van der Waals surface area contributed by atoms with Crippen LogP contribution in [0.4, 0.5) is 4.39 Å². The summed E-state index contributed by atoms with van der Waals surface area (Å²) in [6.45, 7) is 1.85. The second-order valence-corrected chi connectivity index (χ2v) is 4.50. The van der Waals surface area contributed by atoms with Gasteiger partial charge in [-0.2, -0.15) is 0 Å². The number of aryl methyl sites for hydroxylation is 1. The summed E-state index contributed by atoms with van der Waals surface area (Å²) in [7, 11) is 0. The summed E-state index contributed by atoms with van der Waals surface area (Å²) in [5.41, 5.74) is 4.35. The first kappa shape index (κ1) is 13.1. The van der Waals surface area contributed by atoms with E-state index in [0.29, 0.717) is 17.0 Å². The third-order valence-electron chi connectivity index (χ3n) is 2.91. The van der Waals surface area contributed by atoms with Crippen LogP contribution in [-0.2, 0) is 6.42 Å². The Balaban J connectivity index is 2.26. The minimum Gasteiger partial charge on any atom is -0.469 e. The highest BCUT2D eigenvalue weighted by atomic mass is 35.5. The molecule has 0 bridgehead atoms. The van der Waals surface area contributed by atoms with Crippen molar-refractivity contribution in [3.8, 4) is 0 Å². The molecule has 0 aliphatic heterocycles. The monoisotopic (exact) mass is 268 g/mol. The highest BCUT2D eigenvalue weighted by Gasteiger charge is 2.16. The van der Waals surface area contributed by atoms with E-state index in [9.17, 15) is 4.39 Å². The maximum atomic E-state index is 13.2. The van der Waals surface area contributed by atoms with E-state index >= 15 is 0 Å².